The van der Waals surface area contributed by atoms with Crippen LogP contribution in [0.5, 0.6) is 0 Å². The first-order chi connectivity index (χ1) is 14.7. The van der Waals surface area contributed by atoms with Crippen LogP contribution in [0, 0.1) is 0 Å². The lowest BCUT2D eigenvalue weighted by molar-refractivity contribution is 0.0805. The van der Waals surface area contributed by atoms with Crippen molar-refractivity contribution in [2.45, 2.75) is 80.6 Å². The molecule has 1 unspecified atom stereocenters. The average molecular weight is 563 g/mol. The van der Waals surface area contributed by atoms with Crippen LogP contribution in [0.4, 0.5) is 0 Å². The Morgan fingerprint density at radius 3 is 2.33 bits per heavy atom. The first-order valence-electron chi connectivity index (χ1n) is 11.1. The molecular formula is C24H35IO3S2. The Morgan fingerprint density at radius 2 is 1.67 bits per heavy atom. The number of alkyl halides is 1. The highest BCUT2D eigenvalue weighted by Gasteiger charge is 2.09. The van der Waals surface area contributed by atoms with Gasteiger partial charge in [0.2, 0.25) is 0 Å². The van der Waals surface area contributed by atoms with Crippen molar-refractivity contribution in [2.75, 3.05) is 23.0 Å². The SMILES string of the molecule is CSc1cccc2c(SCCCCCCCCCCCOC(C)CI)cc(=O)oc12. The van der Waals surface area contributed by atoms with E-state index in [9.17, 15) is 4.79 Å². The van der Waals surface area contributed by atoms with Crippen LogP contribution >= 0.6 is 46.1 Å². The van der Waals surface area contributed by atoms with E-state index < -0.39 is 0 Å². The molecule has 0 radical (unpaired) electrons. The third-order valence-corrected chi connectivity index (χ3v) is 8.23. The fourth-order valence-electron chi connectivity index (χ4n) is 3.36. The first kappa shape index (κ1) is 26.1. The van der Waals surface area contributed by atoms with Crippen LogP contribution in [0.2, 0.25) is 0 Å². The summed E-state index contributed by atoms with van der Waals surface area (Å²) in [6, 6.07) is 7.74. The first-order valence-corrected chi connectivity index (χ1v) is 14.8. The minimum Gasteiger partial charge on any atom is -0.421 e. The number of benzene rings is 1. The number of thioether (sulfide) groups is 2. The van der Waals surface area contributed by atoms with Gasteiger partial charge in [-0.3, -0.25) is 0 Å². The third-order valence-electron chi connectivity index (χ3n) is 5.08. The standard InChI is InChI=1S/C24H35IO3S2/c1-19(18-25)27-15-10-8-6-4-3-5-7-9-11-16-30-22-17-23(26)28-24-20(22)13-12-14-21(24)29-2/h12-14,17,19H,3-11,15-16,18H2,1-2H3. The molecule has 0 amide bonds. The summed E-state index contributed by atoms with van der Waals surface area (Å²) in [6.07, 6.45) is 14.0. The van der Waals surface area contributed by atoms with Crippen LogP contribution in [0.25, 0.3) is 11.0 Å². The fourth-order valence-corrected chi connectivity index (χ4v) is 5.23. The van der Waals surface area contributed by atoms with Crippen molar-refractivity contribution in [3.63, 3.8) is 0 Å². The maximum absolute atomic E-state index is 11.9. The van der Waals surface area contributed by atoms with Crippen LogP contribution < -0.4 is 5.63 Å². The summed E-state index contributed by atoms with van der Waals surface area (Å²) in [5.41, 5.74) is 0.476. The summed E-state index contributed by atoms with van der Waals surface area (Å²) < 4.78 is 12.2. The molecule has 0 spiro atoms. The van der Waals surface area contributed by atoms with E-state index in [1.807, 2.05) is 18.4 Å². The number of para-hydroxylation sites is 1. The molecule has 1 atom stereocenters. The van der Waals surface area contributed by atoms with Crippen LogP contribution in [0.3, 0.4) is 0 Å². The van der Waals surface area contributed by atoms with Crippen molar-refractivity contribution in [1.29, 1.82) is 0 Å². The van der Waals surface area contributed by atoms with Gasteiger partial charge in [0, 0.05) is 27.4 Å². The van der Waals surface area contributed by atoms with Crippen LogP contribution in [-0.4, -0.2) is 29.1 Å². The van der Waals surface area contributed by atoms with Crippen molar-refractivity contribution in [3.05, 3.63) is 34.7 Å². The number of hydrogen-bond acceptors (Lipinski definition) is 5. The van der Waals surface area contributed by atoms with Crippen molar-refractivity contribution >= 4 is 57.1 Å². The summed E-state index contributed by atoms with van der Waals surface area (Å²) >= 11 is 5.78. The summed E-state index contributed by atoms with van der Waals surface area (Å²) in [6.45, 7) is 3.06. The highest BCUT2D eigenvalue weighted by Crippen LogP contribution is 2.32. The normalized spacial score (nSPS) is 12.5. The molecule has 2 aromatic rings. The number of ether oxygens (including phenoxy) is 1. The molecule has 0 aliphatic heterocycles. The van der Waals surface area contributed by atoms with E-state index in [1.54, 1.807) is 29.6 Å². The molecular weight excluding hydrogens is 527 g/mol. The van der Waals surface area contributed by atoms with Crippen molar-refractivity contribution < 1.29 is 9.15 Å². The van der Waals surface area contributed by atoms with E-state index in [1.165, 1.54) is 57.8 Å². The zero-order valence-electron chi connectivity index (χ0n) is 18.3. The molecule has 2 rings (SSSR count). The van der Waals surface area contributed by atoms with Crippen LogP contribution in [-0.2, 0) is 4.74 Å². The number of unbranched alkanes of at least 4 members (excludes halogenated alkanes) is 8. The van der Waals surface area contributed by atoms with E-state index >= 15 is 0 Å². The predicted molar refractivity (Wildman–Crippen MR) is 141 cm³/mol. The predicted octanol–water partition coefficient (Wildman–Crippen LogP) is 7.96. The Morgan fingerprint density at radius 1 is 1.00 bits per heavy atom. The van der Waals surface area contributed by atoms with Crippen molar-refractivity contribution in [2.24, 2.45) is 0 Å². The van der Waals surface area contributed by atoms with Gasteiger partial charge in [0.05, 0.1) is 11.0 Å². The molecule has 168 valence electrons. The topological polar surface area (TPSA) is 39.4 Å². The van der Waals surface area contributed by atoms with Gasteiger partial charge < -0.3 is 9.15 Å². The zero-order valence-corrected chi connectivity index (χ0v) is 22.1. The molecule has 1 heterocycles. The minimum absolute atomic E-state index is 0.252. The maximum Gasteiger partial charge on any atom is 0.337 e. The van der Waals surface area contributed by atoms with Crippen molar-refractivity contribution in [3.8, 4) is 0 Å². The number of rotatable bonds is 16. The fraction of sp³-hybridized carbons (Fsp3) is 0.625. The Kier molecular flexibility index (Phi) is 13.6. The number of hydrogen-bond donors (Lipinski definition) is 0. The number of halogens is 1. The quantitative estimate of drug-likeness (QED) is 0.0683. The lowest BCUT2D eigenvalue weighted by atomic mass is 10.1. The van der Waals surface area contributed by atoms with Gasteiger partial charge in [0.15, 0.2) is 5.58 Å². The molecule has 1 aromatic carbocycles. The molecule has 0 aliphatic rings. The average Bonchev–Trinajstić information content (AvgIpc) is 2.76. The lowest BCUT2D eigenvalue weighted by Gasteiger charge is -2.09. The molecule has 0 saturated heterocycles. The lowest BCUT2D eigenvalue weighted by Crippen LogP contribution is -2.10. The van der Waals surface area contributed by atoms with E-state index in [-0.39, 0.29) is 5.63 Å². The van der Waals surface area contributed by atoms with Gasteiger partial charge in [-0.25, -0.2) is 4.79 Å². The zero-order chi connectivity index (χ0) is 21.6. The molecule has 0 aliphatic carbocycles. The molecule has 0 saturated carbocycles. The molecule has 0 fully saturated rings. The van der Waals surface area contributed by atoms with E-state index in [4.69, 9.17) is 9.15 Å². The Hall–Kier alpha value is -0.180. The van der Waals surface area contributed by atoms with Gasteiger partial charge in [-0.1, -0.05) is 79.7 Å². The largest absolute Gasteiger partial charge is 0.421 e. The molecule has 30 heavy (non-hydrogen) atoms. The maximum atomic E-state index is 11.9. The smallest absolute Gasteiger partial charge is 0.337 e. The summed E-state index contributed by atoms with van der Waals surface area (Å²) in [7, 11) is 0. The molecule has 6 heteroatoms. The van der Waals surface area contributed by atoms with Crippen molar-refractivity contribution in [1.82, 2.24) is 0 Å². The Bertz CT molecular complexity index is 794. The summed E-state index contributed by atoms with van der Waals surface area (Å²) in [5, 5.41) is 1.06. The van der Waals surface area contributed by atoms with Gasteiger partial charge in [-0.15, -0.1) is 23.5 Å². The Labute approximate surface area is 203 Å². The van der Waals surface area contributed by atoms with Gasteiger partial charge >= 0.3 is 5.63 Å². The van der Waals surface area contributed by atoms with Gasteiger partial charge in [-0.2, -0.15) is 0 Å². The second kappa shape index (κ2) is 15.6. The third kappa shape index (κ3) is 9.53. The molecule has 3 nitrogen and oxygen atoms in total. The summed E-state index contributed by atoms with van der Waals surface area (Å²) in [5.74, 6) is 1.05. The summed E-state index contributed by atoms with van der Waals surface area (Å²) in [4.78, 5) is 14.0. The minimum atomic E-state index is -0.252. The Balaban J connectivity index is 1.55. The van der Waals surface area contributed by atoms with E-state index in [0.29, 0.717) is 6.10 Å². The van der Waals surface area contributed by atoms with Gasteiger partial charge in [0.1, 0.15) is 0 Å². The van der Waals surface area contributed by atoms with E-state index in [0.717, 1.165) is 37.5 Å². The second-order valence-corrected chi connectivity index (χ2v) is 10.5. The molecule has 0 N–H and O–H groups in total. The highest BCUT2D eigenvalue weighted by atomic mass is 127. The van der Waals surface area contributed by atoms with E-state index in [2.05, 4.69) is 35.6 Å². The van der Waals surface area contributed by atoms with Crippen LogP contribution in [0.1, 0.15) is 64.7 Å². The molecule has 0 bridgehead atoms. The molecule has 1 aromatic heterocycles. The van der Waals surface area contributed by atoms with Crippen LogP contribution in [0.15, 0.2) is 43.3 Å². The second-order valence-electron chi connectivity index (χ2n) is 7.63. The van der Waals surface area contributed by atoms with Gasteiger partial charge in [0.25, 0.3) is 0 Å². The van der Waals surface area contributed by atoms with Gasteiger partial charge in [-0.05, 0) is 37.8 Å². The number of fused-ring (bicyclic) bond motifs is 1. The highest BCUT2D eigenvalue weighted by molar-refractivity contribution is 14.1. The monoisotopic (exact) mass is 562 g/mol.